The van der Waals surface area contributed by atoms with Crippen LogP contribution in [0, 0.1) is 28.9 Å². The lowest BCUT2D eigenvalue weighted by molar-refractivity contribution is -0.385. The number of primary amides is 1. The Morgan fingerprint density at radius 2 is 2.20 bits per heavy atom. The first-order valence-corrected chi connectivity index (χ1v) is 4.07. The second-order valence-electron chi connectivity index (χ2n) is 2.89. The first-order valence-electron chi connectivity index (χ1n) is 4.07. The fraction of sp³-hybridized carbons (Fsp3) is 0.100. The quantitative estimate of drug-likeness (QED) is 0.415. The summed E-state index contributed by atoms with van der Waals surface area (Å²) in [6.45, 7) is 1.73. The lowest BCUT2D eigenvalue weighted by Gasteiger charge is -1.96. The van der Waals surface area contributed by atoms with E-state index >= 15 is 0 Å². The summed E-state index contributed by atoms with van der Waals surface area (Å²) in [7, 11) is 0. The van der Waals surface area contributed by atoms with Gasteiger partial charge in [-0.25, -0.2) is 0 Å². The number of nitro groups is 1. The molecule has 1 amide bonds. The van der Waals surface area contributed by atoms with Crippen molar-refractivity contribution in [2.24, 2.45) is 5.73 Å². The summed E-state index contributed by atoms with van der Waals surface area (Å²) in [5, 5.41) is 10.6. The molecule has 0 unspecified atom stereocenters. The molecular weight excluding hydrogens is 196 g/mol. The van der Waals surface area contributed by atoms with Gasteiger partial charge < -0.3 is 5.73 Å². The number of amides is 1. The summed E-state index contributed by atoms with van der Waals surface area (Å²) in [5.74, 6) is 3.60. The fourth-order valence-corrected chi connectivity index (χ4v) is 1.03. The van der Waals surface area contributed by atoms with E-state index in [9.17, 15) is 14.9 Å². The maximum atomic E-state index is 10.6. The highest BCUT2D eigenvalue weighted by Crippen LogP contribution is 2.18. The monoisotopic (exact) mass is 204 g/mol. The predicted octanol–water partition coefficient (Wildman–Crippen LogP) is 0.740. The molecule has 15 heavy (non-hydrogen) atoms. The molecule has 0 spiro atoms. The summed E-state index contributed by atoms with van der Waals surface area (Å²) in [4.78, 5) is 20.5. The highest BCUT2D eigenvalue weighted by atomic mass is 16.6. The van der Waals surface area contributed by atoms with Crippen molar-refractivity contribution in [1.29, 1.82) is 0 Å². The molecule has 0 bridgehead atoms. The second-order valence-corrected chi connectivity index (χ2v) is 2.89. The minimum atomic E-state index is -0.815. The number of hydrogen-bond acceptors (Lipinski definition) is 3. The van der Waals surface area contributed by atoms with E-state index < -0.39 is 10.8 Å². The van der Waals surface area contributed by atoms with Gasteiger partial charge in [-0.2, -0.15) is 0 Å². The number of hydrogen-bond donors (Lipinski definition) is 1. The topological polar surface area (TPSA) is 86.2 Å². The molecule has 5 heteroatoms. The van der Waals surface area contributed by atoms with Gasteiger partial charge in [0.05, 0.1) is 4.92 Å². The SMILES string of the molecule is Cc1ccc(C#CC(N)=O)c([N+](=O)[O-])c1. The molecule has 0 saturated heterocycles. The van der Waals surface area contributed by atoms with Crippen molar-refractivity contribution < 1.29 is 9.72 Å². The zero-order chi connectivity index (χ0) is 11.4. The third-order valence-electron chi connectivity index (χ3n) is 1.67. The number of carbonyl (C=O) groups excluding carboxylic acids is 1. The standard InChI is InChI=1S/C10H8N2O3/c1-7-2-3-8(4-5-10(11)13)9(6-7)12(14)15/h2-3,6H,1H3,(H2,11,13). The van der Waals surface area contributed by atoms with Crippen LogP contribution in [0.3, 0.4) is 0 Å². The Morgan fingerprint density at radius 3 is 2.73 bits per heavy atom. The van der Waals surface area contributed by atoms with Crippen molar-refractivity contribution in [3.05, 3.63) is 39.4 Å². The van der Waals surface area contributed by atoms with Crippen molar-refractivity contribution in [1.82, 2.24) is 0 Å². The van der Waals surface area contributed by atoms with Crippen LogP contribution in [-0.4, -0.2) is 10.8 Å². The average molecular weight is 204 g/mol. The van der Waals surface area contributed by atoms with Crippen molar-refractivity contribution >= 4 is 11.6 Å². The van der Waals surface area contributed by atoms with Crippen LogP contribution in [0.5, 0.6) is 0 Å². The third-order valence-corrected chi connectivity index (χ3v) is 1.67. The first-order chi connectivity index (χ1) is 7.00. The number of rotatable bonds is 1. The molecule has 1 aromatic carbocycles. The van der Waals surface area contributed by atoms with E-state index in [1.807, 2.05) is 0 Å². The van der Waals surface area contributed by atoms with Gasteiger partial charge in [0, 0.05) is 12.0 Å². The summed E-state index contributed by atoms with van der Waals surface area (Å²) in [6.07, 6.45) is 0. The summed E-state index contributed by atoms with van der Waals surface area (Å²) in [6, 6.07) is 4.56. The molecule has 5 nitrogen and oxygen atoms in total. The first kappa shape index (κ1) is 10.7. The normalized spacial score (nSPS) is 8.87. The number of nitrogens with two attached hydrogens (primary N) is 1. The van der Waals surface area contributed by atoms with Gasteiger partial charge in [0.1, 0.15) is 5.56 Å². The van der Waals surface area contributed by atoms with Crippen LogP contribution in [0.4, 0.5) is 5.69 Å². The highest BCUT2D eigenvalue weighted by Gasteiger charge is 2.11. The van der Waals surface area contributed by atoms with E-state index in [4.69, 9.17) is 5.73 Å². The number of nitro benzene ring substituents is 1. The largest absolute Gasteiger partial charge is 0.359 e. The molecule has 0 radical (unpaired) electrons. The molecular formula is C10H8N2O3. The minimum absolute atomic E-state index is 0.122. The summed E-state index contributed by atoms with van der Waals surface area (Å²) in [5.41, 5.74) is 5.63. The third kappa shape index (κ3) is 2.81. The number of nitrogens with zero attached hydrogens (tertiary/aromatic N) is 1. The Labute approximate surface area is 86.0 Å². The number of carbonyl (C=O) groups is 1. The Balaban J connectivity index is 3.25. The van der Waals surface area contributed by atoms with Crippen molar-refractivity contribution in [2.75, 3.05) is 0 Å². The molecule has 0 fully saturated rings. The van der Waals surface area contributed by atoms with E-state index in [0.29, 0.717) is 0 Å². The Morgan fingerprint density at radius 1 is 1.53 bits per heavy atom. The van der Waals surface area contributed by atoms with Crippen LogP contribution in [0.15, 0.2) is 18.2 Å². The molecule has 0 aliphatic rings. The van der Waals surface area contributed by atoms with Gasteiger partial charge in [0.15, 0.2) is 0 Å². The van der Waals surface area contributed by atoms with E-state index in [-0.39, 0.29) is 11.3 Å². The van der Waals surface area contributed by atoms with Crippen LogP contribution in [0.25, 0.3) is 0 Å². The van der Waals surface area contributed by atoms with Crippen molar-refractivity contribution in [3.63, 3.8) is 0 Å². The second kappa shape index (κ2) is 4.24. The number of aryl methyl sites for hydroxylation is 1. The van der Waals surface area contributed by atoms with Crippen LogP contribution in [0.1, 0.15) is 11.1 Å². The molecule has 1 aromatic rings. The average Bonchev–Trinajstić information content (AvgIpc) is 2.15. The Bertz CT molecular complexity index is 483. The van der Waals surface area contributed by atoms with Crippen LogP contribution in [-0.2, 0) is 4.79 Å². The minimum Gasteiger partial charge on any atom is -0.359 e. The van der Waals surface area contributed by atoms with Gasteiger partial charge in [0.25, 0.3) is 11.6 Å². The van der Waals surface area contributed by atoms with Crippen LogP contribution < -0.4 is 5.73 Å². The number of benzene rings is 1. The van der Waals surface area contributed by atoms with Gasteiger partial charge in [-0.05, 0) is 24.5 Å². The van der Waals surface area contributed by atoms with Gasteiger partial charge >= 0.3 is 0 Å². The van der Waals surface area contributed by atoms with Crippen molar-refractivity contribution in [2.45, 2.75) is 6.92 Å². The molecule has 1 rings (SSSR count). The highest BCUT2D eigenvalue weighted by molar-refractivity contribution is 5.92. The zero-order valence-corrected chi connectivity index (χ0v) is 7.98. The van der Waals surface area contributed by atoms with E-state index in [0.717, 1.165) is 5.56 Å². The summed E-state index contributed by atoms with van der Waals surface area (Å²) < 4.78 is 0. The van der Waals surface area contributed by atoms with Gasteiger partial charge in [-0.15, -0.1) is 0 Å². The molecule has 0 atom stereocenters. The van der Waals surface area contributed by atoms with E-state index in [1.54, 1.807) is 13.0 Å². The summed E-state index contributed by atoms with van der Waals surface area (Å²) >= 11 is 0. The van der Waals surface area contributed by atoms with Gasteiger partial charge in [0.2, 0.25) is 0 Å². The lowest BCUT2D eigenvalue weighted by Crippen LogP contribution is -2.06. The molecule has 0 aliphatic carbocycles. The van der Waals surface area contributed by atoms with Gasteiger partial charge in [-0.1, -0.05) is 6.07 Å². The molecule has 0 aromatic heterocycles. The molecule has 2 N–H and O–H groups in total. The maximum absolute atomic E-state index is 10.6. The van der Waals surface area contributed by atoms with Crippen molar-refractivity contribution in [3.8, 4) is 11.8 Å². The lowest BCUT2D eigenvalue weighted by atomic mass is 10.1. The van der Waals surface area contributed by atoms with E-state index in [1.165, 1.54) is 12.1 Å². The van der Waals surface area contributed by atoms with Crippen LogP contribution >= 0.6 is 0 Å². The molecule has 76 valence electrons. The smallest absolute Gasteiger partial charge is 0.293 e. The Kier molecular flexibility index (Phi) is 3.03. The molecule has 0 heterocycles. The Hall–Kier alpha value is -2.35. The molecule has 0 saturated carbocycles. The maximum Gasteiger partial charge on any atom is 0.293 e. The zero-order valence-electron chi connectivity index (χ0n) is 7.98. The van der Waals surface area contributed by atoms with Crippen LogP contribution in [0.2, 0.25) is 0 Å². The van der Waals surface area contributed by atoms with E-state index in [2.05, 4.69) is 11.8 Å². The predicted molar refractivity (Wildman–Crippen MR) is 53.9 cm³/mol. The van der Waals surface area contributed by atoms with Gasteiger partial charge in [-0.3, -0.25) is 14.9 Å². The fourth-order valence-electron chi connectivity index (χ4n) is 1.03. The molecule has 0 aliphatic heterocycles.